The van der Waals surface area contributed by atoms with Gasteiger partial charge in [0.25, 0.3) is 5.56 Å². The average Bonchev–Trinajstić information content (AvgIpc) is 2.61. The summed E-state index contributed by atoms with van der Waals surface area (Å²) in [6.45, 7) is 2.00. The van der Waals surface area contributed by atoms with Crippen molar-refractivity contribution in [3.8, 4) is 5.69 Å². The molecule has 0 radical (unpaired) electrons. The summed E-state index contributed by atoms with van der Waals surface area (Å²) in [5.74, 6) is 0. The van der Waals surface area contributed by atoms with E-state index in [0.717, 1.165) is 11.1 Å². The number of hydrogen-bond acceptors (Lipinski definition) is 4. The fourth-order valence-electron chi connectivity index (χ4n) is 2.17. The van der Waals surface area contributed by atoms with Gasteiger partial charge in [-0.25, -0.2) is 0 Å². The molecule has 1 heterocycles. The Morgan fingerprint density at radius 1 is 1.12 bits per heavy atom. The van der Waals surface area contributed by atoms with E-state index in [-0.39, 0.29) is 5.02 Å². The molecule has 0 saturated carbocycles. The van der Waals surface area contributed by atoms with Gasteiger partial charge in [-0.05, 0) is 30.2 Å². The van der Waals surface area contributed by atoms with E-state index in [1.807, 2.05) is 49.4 Å². The van der Waals surface area contributed by atoms with E-state index in [0.29, 0.717) is 11.4 Å². The molecule has 0 unspecified atom stereocenters. The third-order valence-electron chi connectivity index (χ3n) is 3.50. The van der Waals surface area contributed by atoms with E-state index in [9.17, 15) is 4.79 Å². The summed E-state index contributed by atoms with van der Waals surface area (Å²) < 4.78 is 1.25. The zero-order valence-electron chi connectivity index (χ0n) is 13.0. The quantitative estimate of drug-likeness (QED) is 0.583. The van der Waals surface area contributed by atoms with E-state index in [4.69, 9.17) is 11.6 Å². The molecule has 24 heavy (non-hydrogen) atoms. The lowest BCUT2D eigenvalue weighted by Gasteiger charge is -2.07. The molecule has 3 aromatic rings. The van der Waals surface area contributed by atoms with E-state index in [2.05, 4.69) is 15.6 Å². The van der Waals surface area contributed by atoms with Gasteiger partial charge in [-0.15, -0.1) is 0 Å². The highest BCUT2D eigenvalue weighted by atomic mass is 35.5. The van der Waals surface area contributed by atoms with Crippen LogP contribution >= 0.6 is 11.6 Å². The molecule has 0 aliphatic rings. The van der Waals surface area contributed by atoms with E-state index in [1.54, 1.807) is 18.3 Å². The van der Waals surface area contributed by atoms with Crippen molar-refractivity contribution in [2.45, 2.75) is 6.92 Å². The number of hydrazone groups is 1. The molecule has 0 spiro atoms. The molecule has 6 heteroatoms. The first kappa shape index (κ1) is 16.0. The minimum Gasteiger partial charge on any atom is -0.275 e. The maximum absolute atomic E-state index is 12.4. The lowest BCUT2D eigenvalue weighted by atomic mass is 10.1. The zero-order valence-corrected chi connectivity index (χ0v) is 13.7. The molecule has 0 saturated heterocycles. The van der Waals surface area contributed by atoms with Crippen molar-refractivity contribution in [2.24, 2.45) is 5.10 Å². The number of anilines is 1. The Bertz CT molecular complexity index is 935. The SMILES string of the molecule is Cc1ccccc1/C=N\Nc1cnn(-c2ccccc2)c(=O)c1Cl. The van der Waals surface area contributed by atoms with Crippen LogP contribution in [0.1, 0.15) is 11.1 Å². The highest BCUT2D eigenvalue weighted by Crippen LogP contribution is 2.16. The van der Waals surface area contributed by atoms with Gasteiger partial charge in [-0.1, -0.05) is 54.1 Å². The molecule has 0 atom stereocenters. The Balaban J connectivity index is 1.84. The minimum atomic E-state index is -0.404. The maximum atomic E-state index is 12.4. The first-order valence-electron chi connectivity index (χ1n) is 7.35. The van der Waals surface area contributed by atoms with E-state index in [1.165, 1.54) is 10.9 Å². The van der Waals surface area contributed by atoms with Gasteiger partial charge in [0.2, 0.25) is 0 Å². The van der Waals surface area contributed by atoms with E-state index < -0.39 is 5.56 Å². The van der Waals surface area contributed by atoms with Crippen LogP contribution in [0.4, 0.5) is 5.69 Å². The monoisotopic (exact) mass is 338 g/mol. The Morgan fingerprint density at radius 2 is 1.83 bits per heavy atom. The molecule has 0 aliphatic heterocycles. The molecule has 120 valence electrons. The Hall–Kier alpha value is -2.92. The fraction of sp³-hybridized carbons (Fsp3) is 0.0556. The van der Waals surface area contributed by atoms with Crippen molar-refractivity contribution >= 4 is 23.5 Å². The third-order valence-corrected chi connectivity index (χ3v) is 3.86. The van der Waals surface area contributed by atoms with Gasteiger partial charge >= 0.3 is 0 Å². The van der Waals surface area contributed by atoms with Gasteiger partial charge in [0, 0.05) is 0 Å². The van der Waals surface area contributed by atoms with Gasteiger partial charge in [0.1, 0.15) is 10.7 Å². The second-order valence-corrected chi connectivity index (χ2v) is 5.53. The van der Waals surface area contributed by atoms with Crippen LogP contribution < -0.4 is 11.0 Å². The molecular formula is C18H15ClN4O. The van der Waals surface area contributed by atoms with Crippen molar-refractivity contribution in [3.05, 3.63) is 87.3 Å². The summed E-state index contributed by atoms with van der Waals surface area (Å²) in [5, 5.41) is 8.30. The zero-order chi connectivity index (χ0) is 16.9. The van der Waals surface area contributed by atoms with Gasteiger partial charge in [0.15, 0.2) is 0 Å². The molecule has 5 nitrogen and oxygen atoms in total. The van der Waals surface area contributed by atoms with Crippen LogP contribution in [0.3, 0.4) is 0 Å². The van der Waals surface area contributed by atoms with Crippen LogP contribution in [-0.4, -0.2) is 16.0 Å². The van der Waals surface area contributed by atoms with E-state index >= 15 is 0 Å². The van der Waals surface area contributed by atoms with Gasteiger partial charge in [0.05, 0.1) is 18.1 Å². The molecule has 0 fully saturated rings. The summed E-state index contributed by atoms with van der Waals surface area (Å²) in [6.07, 6.45) is 3.15. The highest BCUT2D eigenvalue weighted by molar-refractivity contribution is 6.32. The molecule has 0 aliphatic carbocycles. The van der Waals surface area contributed by atoms with Gasteiger partial charge in [-0.2, -0.15) is 14.9 Å². The normalized spacial score (nSPS) is 10.9. The number of aromatic nitrogens is 2. The summed E-state index contributed by atoms with van der Waals surface area (Å²) in [5.41, 5.74) is 5.46. The number of nitrogens with zero attached hydrogens (tertiary/aromatic N) is 3. The van der Waals surface area contributed by atoms with Crippen molar-refractivity contribution in [3.63, 3.8) is 0 Å². The van der Waals surface area contributed by atoms with Crippen molar-refractivity contribution in [1.29, 1.82) is 0 Å². The summed E-state index contributed by atoms with van der Waals surface area (Å²) in [7, 11) is 0. The van der Waals surface area contributed by atoms with Crippen LogP contribution in [0.25, 0.3) is 5.69 Å². The average molecular weight is 339 g/mol. The Kier molecular flexibility index (Phi) is 4.72. The van der Waals surface area contributed by atoms with Gasteiger partial charge in [-0.3, -0.25) is 10.2 Å². The number of aryl methyl sites for hydroxylation is 1. The number of benzene rings is 2. The number of halogens is 1. The van der Waals surface area contributed by atoms with Crippen molar-refractivity contribution in [2.75, 3.05) is 5.43 Å². The summed E-state index contributed by atoms with van der Waals surface area (Å²) in [6, 6.07) is 16.9. The fourth-order valence-corrected chi connectivity index (χ4v) is 2.34. The van der Waals surface area contributed by atoms with Crippen molar-refractivity contribution in [1.82, 2.24) is 9.78 Å². The predicted molar refractivity (Wildman–Crippen MR) is 97.2 cm³/mol. The molecule has 0 bridgehead atoms. The van der Waals surface area contributed by atoms with Crippen LogP contribution in [0.5, 0.6) is 0 Å². The number of rotatable bonds is 4. The second-order valence-electron chi connectivity index (χ2n) is 5.15. The summed E-state index contributed by atoms with van der Waals surface area (Å²) >= 11 is 6.15. The lowest BCUT2D eigenvalue weighted by molar-refractivity contribution is 0.808. The molecule has 3 rings (SSSR count). The first-order valence-corrected chi connectivity index (χ1v) is 7.72. The third kappa shape index (κ3) is 3.36. The molecular weight excluding hydrogens is 324 g/mol. The first-order chi connectivity index (χ1) is 11.7. The predicted octanol–water partition coefficient (Wildman–Crippen LogP) is 3.64. The molecule has 1 aromatic heterocycles. The smallest absolute Gasteiger partial charge is 0.275 e. The number of hydrogen-bond donors (Lipinski definition) is 1. The summed E-state index contributed by atoms with van der Waals surface area (Å²) in [4.78, 5) is 12.4. The number of nitrogens with one attached hydrogen (secondary N) is 1. The second kappa shape index (κ2) is 7.10. The van der Waals surface area contributed by atoms with Crippen LogP contribution in [0.15, 0.2) is 70.7 Å². The Morgan fingerprint density at radius 3 is 2.58 bits per heavy atom. The van der Waals surface area contributed by atoms with Crippen LogP contribution in [0.2, 0.25) is 5.02 Å². The highest BCUT2D eigenvalue weighted by Gasteiger charge is 2.09. The topological polar surface area (TPSA) is 59.3 Å². The largest absolute Gasteiger partial charge is 0.292 e. The lowest BCUT2D eigenvalue weighted by Crippen LogP contribution is -2.22. The minimum absolute atomic E-state index is 0.0378. The number of para-hydroxylation sites is 1. The molecule has 0 amide bonds. The maximum Gasteiger partial charge on any atom is 0.292 e. The molecule has 1 N–H and O–H groups in total. The van der Waals surface area contributed by atoms with Crippen LogP contribution in [0, 0.1) is 6.92 Å². The van der Waals surface area contributed by atoms with Crippen LogP contribution in [-0.2, 0) is 0 Å². The standard InChI is InChI=1S/C18H15ClN4O/c1-13-7-5-6-8-14(13)11-20-22-16-12-21-23(18(24)17(16)19)15-9-3-2-4-10-15/h2-12,22H,1H3/b20-11-. The molecule has 2 aromatic carbocycles. The van der Waals surface area contributed by atoms with Gasteiger partial charge < -0.3 is 0 Å². The van der Waals surface area contributed by atoms with Crippen molar-refractivity contribution < 1.29 is 0 Å². The Labute approximate surface area is 144 Å².